The Morgan fingerprint density at radius 3 is 2.52 bits per heavy atom. The number of hydrogen-bond acceptors (Lipinski definition) is 4. The van der Waals surface area contributed by atoms with Crippen LogP contribution in [0.4, 0.5) is 0 Å². The number of ether oxygens (including phenoxy) is 3. The molecule has 0 aliphatic rings. The first kappa shape index (κ1) is 17.1. The molecule has 0 N–H and O–H groups in total. The fraction of sp³-hybridized carbons (Fsp3) is 0.471. The van der Waals surface area contributed by atoms with Crippen LogP contribution in [0.3, 0.4) is 0 Å². The lowest BCUT2D eigenvalue weighted by atomic mass is 10.1. The van der Waals surface area contributed by atoms with Crippen molar-refractivity contribution in [3.8, 4) is 11.5 Å². The Morgan fingerprint density at radius 2 is 1.90 bits per heavy atom. The van der Waals surface area contributed by atoms with E-state index in [2.05, 4.69) is 0 Å². The van der Waals surface area contributed by atoms with E-state index in [0.717, 1.165) is 17.7 Å². The molecule has 0 heterocycles. The normalized spacial score (nSPS) is 12.2. The van der Waals surface area contributed by atoms with Crippen LogP contribution >= 0.6 is 0 Å². The summed E-state index contributed by atoms with van der Waals surface area (Å²) in [6.07, 6.45) is 3.82. The molecular weight excluding hydrogens is 268 g/mol. The van der Waals surface area contributed by atoms with Gasteiger partial charge in [-0.15, -0.1) is 0 Å². The molecule has 1 rings (SSSR count). The van der Waals surface area contributed by atoms with E-state index < -0.39 is 0 Å². The van der Waals surface area contributed by atoms with Gasteiger partial charge < -0.3 is 14.2 Å². The molecule has 0 fully saturated rings. The SMILES string of the molecule is CCOc1ccc(OCC)c(C=CC(=O)OC(C)CC)c1. The summed E-state index contributed by atoms with van der Waals surface area (Å²) in [7, 11) is 0. The summed E-state index contributed by atoms with van der Waals surface area (Å²) in [5.74, 6) is 1.11. The van der Waals surface area contributed by atoms with Gasteiger partial charge in [0.1, 0.15) is 11.5 Å². The van der Waals surface area contributed by atoms with Crippen molar-refractivity contribution in [2.45, 2.75) is 40.2 Å². The zero-order valence-electron chi connectivity index (χ0n) is 13.2. The predicted molar refractivity (Wildman–Crippen MR) is 83.7 cm³/mol. The fourth-order valence-corrected chi connectivity index (χ4v) is 1.68. The van der Waals surface area contributed by atoms with E-state index in [9.17, 15) is 4.79 Å². The molecule has 0 aliphatic heterocycles. The Hall–Kier alpha value is -1.97. The molecule has 0 radical (unpaired) electrons. The second-order valence-corrected chi connectivity index (χ2v) is 4.55. The number of benzene rings is 1. The average molecular weight is 292 g/mol. The van der Waals surface area contributed by atoms with Crippen LogP contribution in [0.5, 0.6) is 11.5 Å². The molecule has 0 aliphatic carbocycles. The first-order valence-electron chi connectivity index (χ1n) is 7.39. The standard InChI is InChI=1S/C17H24O4/c1-5-13(4)21-17(18)11-8-14-12-15(19-6-2)9-10-16(14)20-7-3/h8-13H,5-7H2,1-4H3. The van der Waals surface area contributed by atoms with Crippen LogP contribution in [0.25, 0.3) is 6.08 Å². The lowest BCUT2D eigenvalue weighted by Crippen LogP contribution is -2.11. The van der Waals surface area contributed by atoms with Crippen LogP contribution < -0.4 is 9.47 Å². The quantitative estimate of drug-likeness (QED) is 0.539. The second-order valence-electron chi connectivity index (χ2n) is 4.55. The van der Waals surface area contributed by atoms with Crippen molar-refractivity contribution in [3.63, 3.8) is 0 Å². The second kappa shape index (κ2) is 9.06. The molecule has 116 valence electrons. The zero-order valence-corrected chi connectivity index (χ0v) is 13.2. The van der Waals surface area contributed by atoms with E-state index in [4.69, 9.17) is 14.2 Å². The molecule has 1 atom stereocenters. The molecule has 0 spiro atoms. The maximum atomic E-state index is 11.7. The Labute approximate surface area is 126 Å². The van der Waals surface area contributed by atoms with Crippen molar-refractivity contribution in [1.29, 1.82) is 0 Å². The van der Waals surface area contributed by atoms with Crippen LogP contribution in [-0.2, 0) is 9.53 Å². The lowest BCUT2D eigenvalue weighted by molar-refractivity contribution is -0.142. The van der Waals surface area contributed by atoms with Gasteiger partial charge in [-0.05, 0) is 51.5 Å². The summed E-state index contributed by atoms with van der Waals surface area (Å²) < 4.78 is 16.2. The number of rotatable bonds is 8. The van der Waals surface area contributed by atoms with E-state index in [1.165, 1.54) is 6.08 Å². The van der Waals surface area contributed by atoms with E-state index in [1.807, 2.05) is 45.9 Å². The number of carbonyl (C=O) groups is 1. The monoisotopic (exact) mass is 292 g/mol. The van der Waals surface area contributed by atoms with Gasteiger partial charge in [0.05, 0.1) is 19.3 Å². The minimum absolute atomic E-state index is 0.0803. The third kappa shape index (κ3) is 5.90. The molecular formula is C17H24O4. The molecule has 1 aromatic rings. The van der Waals surface area contributed by atoms with Crippen molar-refractivity contribution in [2.75, 3.05) is 13.2 Å². The number of hydrogen-bond donors (Lipinski definition) is 0. The summed E-state index contributed by atoms with van der Waals surface area (Å²) in [5, 5.41) is 0. The van der Waals surface area contributed by atoms with Crippen LogP contribution in [0.2, 0.25) is 0 Å². The van der Waals surface area contributed by atoms with Gasteiger partial charge >= 0.3 is 5.97 Å². The molecule has 21 heavy (non-hydrogen) atoms. The van der Waals surface area contributed by atoms with Gasteiger partial charge in [-0.2, -0.15) is 0 Å². The highest BCUT2D eigenvalue weighted by atomic mass is 16.5. The molecule has 0 amide bonds. The Balaban J connectivity index is 2.87. The van der Waals surface area contributed by atoms with Crippen LogP contribution in [-0.4, -0.2) is 25.3 Å². The van der Waals surface area contributed by atoms with E-state index in [0.29, 0.717) is 19.0 Å². The van der Waals surface area contributed by atoms with Crippen molar-refractivity contribution >= 4 is 12.0 Å². The molecule has 4 heteroatoms. The van der Waals surface area contributed by atoms with E-state index >= 15 is 0 Å². The van der Waals surface area contributed by atoms with Crippen molar-refractivity contribution < 1.29 is 19.0 Å². The van der Waals surface area contributed by atoms with Gasteiger partial charge in [0, 0.05) is 11.6 Å². The summed E-state index contributed by atoms with van der Waals surface area (Å²) in [5.41, 5.74) is 0.795. The van der Waals surface area contributed by atoms with Crippen LogP contribution in [0.1, 0.15) is 39.7 Å². The average Bonchev–Trinajstić information content (AvgIpc) is 2.47. The molecule has 0 saturated carbocycles. The zero-order chi connectivity index (χ0) is 15.7. The first-order valence-corrected chi connectivity index (χ1v) is 7.39. The van der Waals surface area contributed by atoms with Crippen molar-refractivity contribution in [2.24, 2.45) is 0 Å². The third-order valence-electron chi connectivity index (χ3n) is 2.88. The molecule has 0 saturated heterocycles. The molecule has 0 bridgehead atoms. The summed E-state index contributed by atoms with van der Waals surface area (Å²) in [6.45, 7) is 8.84. The lowest BCUT2D eigenvalue weighted by Gasteiger charge is -2.10. The van der Waals surface area contributed by atoms with Crippen molar-refractivity contribution in [1.82, 2.24) is 0 Å². The highest BCUT2D eigenvalue weighted by molar-refractivity contribution is 5.87. The Bertz CT molecular complexity index is 480. The smallest absolute Gasteiger partial charge is 0.331 e. The predicted octanol–water partition coefficient (Wildman–Crippen LogP) is 3.84. The van der Waals surface area contributed by atoms with E-state index in [-0.39, 0.29) is 12.1 Å². The summed E-state index contributed by atoms with van der Waals surface area (Å²) in [6, 6.07) is 5.54. The number of esters is 1. The minimum Gasteiger partial charge on any atom is -0.494 e. The van der Waals surface area contributed by atoms with Gasteiger partial charge in [-0.3, -0.25) is 0 Å². The highest BCUT2D eigenvalue weighted by Gasteiger charge is 2.06. The first-order chi connectivity index (χ1) is 10.1. The van der Waals surface area contributed by atoms with Gasteiger partial charge in [-0.1, -0.05) is 6.92 Å². The fourth-order valence-electron chi connectivity index (χ4n) is 1.68. The third-order valence-corrected chi connectivity index (χ3v) is 2.88. The largest absolute Gasteiger partial charge is 0.494 e. The van der Waals surface area contributed by atoms with Gasteiger partial charge in [0.2, 0.25) is 0 Å². The Kier molecular flexibility index (Phi) is 7.37. The topological polar surface area (TPSA) is 44.8 Å². The minimum atomic E-state index is -0.353. The van der Waals surface area contributed by atoms with E-state index in [1.54, 1.807) is 6.08 Å². The van der Waals surface area contributed by atoms with Gasteiger partial charge in [-0.25, -0.2) is 4.79 Å². The summed E-state index contributed by atoms with van der Waals surface area (Å²) in [4.78, 5) is 11.7. The van der Waals surface area contributed by atoms with Gasteiger partial charge in [0.25, 0.3) is 0 Å². The van der Waals surface area contributed by atoms with Gasteiger partial charge in [0.15, 0.2) is 0 Å². The summed E-state index contributed by atoms with van der Waals surface area (Å²) >= 11 is 0. The Morgan fingerprint density at radius 1 is 1.19 bits per heavy atom. The number of carbonyl (C=O) groups excluding carboxylic acids is 1. The van der Waals surface area contributed by atoms with Crippen molar-refractivity contribution in [3.05, 3.63) is 29.8 Å². The highest BCUT2D eigenvalue weighted by Crippen LogP contribution is 2.25. The molecule has 1 unspecified atom stereocenters. The van der Waals surface area contributed by atoms with Crippen LogP contribution in [0.15, 0.2) is 24.3 Å². The maximum absolute atomic E-state index is 11.7. The van der Waals surface area contributed by atoms with Crippen LogP contribution in [0, 0.1) is 0 Å². The maximum Gasteiger partial charge on any atom is 0.331 e. The molecule has 0 aromatic heterocycles. The molecule has 1 aromatic carbocycles. The molecule has 4 nitrogen and oxygen atoms in total.